The minimum atomic E-state index is -0.380. The number of nitrogens with two attached hydrogens (primary N) is 1. The van der Waals surface area contributed by atoms with Gasteiger partial charge in [-0.2, -0.15) is 0 Å². The molecule has 0 unspecified atom stereocenters. The number of hydrogen-bond donors (Lipinski definition) is 2. The lowest BCUT2D eigenvalue weighted by Gasteiger charge is -2.03. The zero-order valence-corrected chi connectivity index (χ0v) is 10.1. The third-order valence-electron chi connectivity index (χ3n) is 3.01. The predicted octanol–water partition coefficient (Wildman–Crippen LogP) is 0.839. The maximum atomic E-state index is 11.5. The monoisotopic (exact) mass is 230 g/mol. The van der Waals surface area contributed by atoms with Gasteiger partial charge >= 0.3 is 0 Å². The average Bonchev–Trinajstić information content (AvgIpc) is 2.60. The predicted molar refractivity (Wildman–Crippen MR) is 67.9 cm³/mol. The number of primary amides is 1. The Morgan fingerprint density at radius 1 is 1.59 bits per heavy atom. The summed E-state index contributed by atoms with van der Waals surface area (Å²) in [5.74, 6) is -0.380. The van der Waals surface area contributed by atoms with E-state index in [0.717, 1.165) is 29.4 Å². The van der Waals surface area contributed by atoms with Crippen molar-refractivity contribution in [2.24, 2.45) is 12.8 Å². The lowest BCUT2D eigenvalue weighted by molar-refractivity contribution is 0.0992. The van der Waals surface area contributed by atoms with Gasteiger partial charge in [-0.3, -0.25) is 4.79 Å². The largest absolute Gasteiger partial charge is 0.364 e. The lowest BCUT2D eigenvalue weighted by Crippen LogP contribution is -2.19. The number of carbonyl (C=O) groups is 1. The minimum Gasteiger partial charge on any atom is -0.364 e. The van der Waals surface area contributed by atoms with E-state index in [0.29, 0.717) is 5.69 Å². The summed E-state index contributed by atoms with van der Waals surface area (Å²) in [6.07, 6.45) is 0.782. The second-order valence-corrected chi connectivity index (χ2v) is 4.05. The second kappa shape index (κ2) is 4.59. The van der Waals surface area contributed by atoms with Crippen molar-refractivity contribution >= 4 is 16.8 Å². The molecule has 1 amide bonds. The van der Waals surface area contributed by atoms with E-state index in [1.165, 1.54) is 0 Å². The molecule has 4 heteroatoms. The summed E-state index contributed by atoms with van der Waals surface area (Å²) in [5.41, 5.74) is 8.07. The van der Waals surface area contributed by atoms with Crippen molar-refractivity contribution in [1.29, 1.82) is 0 Å². The Morgan fingerprint density at radius 3 is 3.00 bits per heavy atom. The molecule has 0 bridgehead atoms. The maximum absolute atomic E-state index is 11.5. The highest BCUT2D eigenvalue weighted by molar-refractivity contribution is 6.00. The van der Waals surface area contributed by atoms with Crippen molar-refractivity contribution in [3.63, 3.8) is 0 Å². The molecule has 2 rings (SSSR count). The van der Waals surface area contributed by atoms with Gasteiger partial charge in [0.15, 0.2) is 0 Å². The van der Waals surface area contributed by atoms with Gasteiger partial charge in [-0.15, -0.1) is 0 Å². The molecule has 2 aromatic rings. The molecule has 0 aliphatic rings. The molecule has 0 spiro atoms. The molecule has 0 aliphatic carbocycles. The van der Waals surface area contributed by atoms with Crippen molar-refractivity contribution in [1.82, 2.24) is 9.88 Å². The van der Waals surface area contributed by atoms with Crippen LogP contribution < -0.4 is 11.1 Å². The lowest BCUT2D eigenvalue weighted by atomic mass is 10.1. The highest BCUT2D eigenvalue weighted by Gasteiger charge is 2.17. The first-order valence-electron chi connectivity index (χ1n) is 5.58. The first kappa shape index (κ1) is 11.7. The van der Waals surface area contributed by atoms with Crippen molar-refractivity contribution in [2.45, 2.75) is 6.42 Å². The van der Waals surface area contributed by atoms with Gasteiger partial charge in [0, 0.05) is 18.0 Å². The van der Waals surface area contributed by atoms with E-state index in [9.17, 15) is 4.79 Å². The van der Waals surface area contributed by atoms with E-state index in [-0.39, 0.29) is 5.91 Å². The zero-order valence-electron chi connectivity index (χ0n) is 10.1. The number of aromatic nitrogens is 1. The molecule has 1 aromatic heterocycles. The molecule has 0 fully saturated rings. The van der Waals surface area contributed by atoms with Gasteiger partial charge in [0.25, 0.3) is 5.91 Å². The molecule has 17 heavy (non-hydrogen) atoms. The molecule has 0 saturated heterocycles. The summed E-state index contributed by atoms with van der Waals surface area (Å²) in [4.78, 5) is 11.5. The minimum absolute atomic E-state index is 0.380. The number of nitrogens with one attached hydrogen (secondary N) is 1. The van der Waals surface area contributed by atoms with E-state index >= 15 is 0 Å². The van der Waals surface area contributed by atoms with Crippen LogP contribution in [-0.4, -0.2) is 24.1 Å². The van der Waals surface area contributed by atoms with E-state index in [2.05, 4.69) is 11.4 Å². The van der Waals surface area contributed by atoms with E-state index in [1.54, 1.807) is 0 Å². The van der Waals surface area contributed by atoms with Crippen molar-refractivity contribution in [2.75, 3.05) is 13.6 Å². The number of amides is 1. The van der Waals surface area contributed by atoms with Crippen molar-refractivity contribution < 1.29 is 4.79 Å². The molecule has 0 aliphatic heterocycles. The number of carbonyl (C=O) groups excluding carboxylic acids is 1. The maximum Gasteiger partial charge on any atom is 0.265 e. The average molecular weight is 230 g/mol. The summed E-state index contributed by atoms with van der Waals surface area (Å²) in [5, 5.41) is 4.14. The molecular formula is C13H16N3O. The summed E-state index contributed by atoms with van der Waals surface area (Å²) < 4.78 is 1.86. The van der Waals surface area contributed by atoms with Gasteiger partial charge < -0.3 is 15.6 Å². The van der Waals surface area contributed by atoms with Crippen LogP contribution in [0.3, 0.4) is 0 Å². The fraction of sp³-hybridized carbons (Fsp3) is 0.308. The van der Waals surface area contributed by atoms with Gasteiger partial charge in [0.2, 0.25) is 0 Å². The fourth-order valence-corrected chi connectivity index (χ4v) is 2.22. The summed E-state index contributed by atoms with van der Waals surface area (Å²) >= 11 is 0. The number of aryl methyl sites for hydroxylation is 1. The van der Waals surface area contributed by atoms with Crippen molar-refractivity contribution in [3.8, 4) is 0 Å². The van der Waals surface area contributed by atoms with E-state index in [4.69, 9.17) is 5.73 Å². The highest BCUT2D eigenvalue weighted by atomic mass is 16.1. The van der Waals surface area contributed by atoms with Crippen molar-refractivity contribution in [3.05, 3.63) is 35.5 Å². The quantitative estimate of drug-likeness (QED) is 0.817. The first-order valence-corrected chi connectivity index (χ1v) is 5.58. The Balaban J connectivity index is 2.67. The Bertz CT molecular complexity index is 557. The van der Waals surface area contributed by atoms with Crippen LogP contribution in [0.1, 0.15) is 16.1 Å². The normalized spacial score (nSPS) is 10.9. The molecule has 1 radical (unpaired) electrons. The van der Waals surface area contributed by atoms with Crippen LogP contribution in [0, 0.1) is 6.07 Å². The Morgan fingerprint density at radius 2 is 2.35 bits per heavy atom. The molecular weight excluding hydrogens is 214 g/mol. The van der Waals surface area contributed by atoms with Crippen LogP contribution in [0.5, 0.6) is 0 Å². The summed E-state index contributed by atoms with van der Waals surface area (Å²) in [7, 11) is 3.76. The van der Waals surface area contributed by atoms with Gasteiger partial charge in [0.05, 0.1) is 0 Å². The highest BCUT2D eigenvalue weighted by Crippen LogP contribution is 2.25. The molecule has 1 heterocycles. The van der Waals surface area contributed by atoms with Crippen LogP contribution in [0.25, 0.3) is 10.9 Å². The first-order chi connectivity index (χ1) is 8.16. The van der Waals surface area contributed by atoms with Gasteiger partial charge in [0.1, 0.15) is 5.69 Å². The Kier molecular flexibility index (Phi) is 3.15. The Hall–Kier alpha value is -1.81. The third-order valence-corrected chi connectivity index (χ3v) is 3.01. The SMILES string of the molecule is CNCCc1c(C(N)=O)n(C)c2cc[c]cc12. The molecule has 0 saturated carbocycles. The number of benzene rings is 1. The number of nitrogens with zero attached hydrogens (tertiary/aromatic N) is 1. The standard InChI is InChI=1S/C13H16N3O/c1-15-8-7-10-9-5-3-4-6-11(9)16(2)12(10)13(14)17/h4-6,15H,7-8H2,1-2H3,(H2,14,17). The molecule has 1 aromatic carbocycles. The summed E-state index contributed by atoms with van der Waals surface area (Å²) in [6.45, 7) is 0.814. The van der Waals surface area contributed by atoms with Gasteiger partial charge in [-0.25, -0.2) is 0 Å². The smallest absolute Gasteiger partial charge is 0.265 e. The molecule has 4 nitrogen and oxygen atoms in total. The topological polar surface area (TPSA) is 60.0 Å². The van der Waals surface area contributed by atoms with Crippen LogP contribution in [-0.2, 0) is 13.5 Å². The third kappa shape index (κ3) is 1.91. The molecule has 89 valence electrons. The molecule has 3 N–H and O–H groups in total. The number of hydrogen-bond acceptors (Lipinski definition) is 2. The fourth-order valence-electron chi connectivity index (χ4n) is 2.22. The molecule has 0 atom stereocenters. The van der Waals surface area contributed by atoms with Gasteiger partial charge in [-0.1, -0.05) is 6.07 Å². The Labute approximate surface area is 100 Å². The zero-order chi connectivity index (χ0) is 12.4. The number of rotatable bonds is 4. The van der Waals surface area contributed by atoms with Crippen LogP contribution in [0.2, 0.25) is 0 Å². The van der Waals surface area contributed by atoms with Crippen LogP contribution in [0.15, 0.2) is 18.2 Å². The van der Waals surface area contributed by atoms with Crippen LogP contribution >= 0.6 is 0 Å². The van der Waals surface area contributed by atoms with Crippen LogP contribution in [0.4, 0.5) is 0 Å². The second-order valence-electron chi connectivity index (χ2n) is 4.05. The van der Waals surface area contributed by atoms with E-state index < -0.39 is 0 Å². The number of likely N-dealkylation sites (N-methyl/N-ethyl adjacent to an activating group) is 1. The number of fused-ring (bicyclic) bond motifs is 1. The van der Waals surface area contributed by atoms with Gasteiger partial charge in [-0.05, 0) is 43.8 Å². The summed E-state index contributed by atoms with van der Waals surface area (Å²) in [6, 6.07) is 8.75. The van der Waals surface area contributed by atoms with E-state index in [1.807, 2.05) is 36.9 Å².